The maximum Gasteiger partial charge on any atom is 0.501 e. The normalized spacial score (nSPS) is 21.7. The number of piperazine rings is 2. The quantitative estimate of drug-likeness (QED) is 0.0522. The molecule has 86 heavy (non-hydrogen) atoms. The summed E-state index contributed by atoms with van der Waals surface area (Å²) in [6.07, 6.45) is 4.41. The number of fused-ring (bicyclic) bond motifs is 3. The molecule has 5 aromatic carbocycles. The van der Waals surface area contributed by atoms with Crippen LogP contribution in [0, 0.1) is 5.41 Å². The lowest BCUT2D eigenvalue weighted by Crippen LogP contribution is -2.68. The van der Waals surface area contributed by atoms with E-state index in [1.165, 1.54) is 40.6 Å². The van der Waals surface area contributed by atoms with Gasteiger partial charge in [0.1, 0.15) is 10.9 Å². The van der Waals surface area contributed by atoms with Gasteiger partial charge >= 0.3 is 5.51 Å². The molecule has 3 N–H and O–H groups in total. The van der Waals surface area contributed by atoms with Crippen LogP contribution in [0.3, 0.4) is 0 Å². The van der Waals surface area contributed by atoms with E-state index in [-0.39, 0.29) is 52.8 Å². The highest BCUT2D eigenvalue weighted by atomic mass is 35.5. The highest BCUT2D eigenvalue weighted by Crippen LogP contribution is 2.44. The van der Waals surface area contributed by atoms with Crippen molar-refractivity contribution in [1.29, 1.82) is 0 Å². The molecule has 454 valence electrons. The van der Waals surface area contributed by atoms with Gasteiger partial charge in [0, 0.05) is 110 Å². The molecule has 5 aromatic rings. The molecular formula is C62H66ClF3N8O9S3. The van der Waals surface area contributed by atoms with Gasteiger partial charge in [0.05, 0.1) is 21.7 Å². The molecule has 0 aromatic heterocycles. The van der Waals surface area contributed by atoms with E-state index in [2.05, 4.69) is 56.2 Å². The Kier molecular flexibility index (Phi) is 17.4. The Morgan fingerprint density at radius 2 is 1.50 bits per heavy atom. The molecule has 7 aliphatic rings. The third-order valence-corrected chi connectivity index (χ3v) is 21.6. The van der Waals surface area contributed by atoms with Gasteiger partial charge in [-0.3, -0.25) is 44.0 Å². The summed E-state index contributed by atoms with van der Waals surface area (Å²) in [4.78, 5) is 73.5. The van der Waals surface area contributed by atoms with Crippen LogP contribution in [0.2, 0.25) is 5.02 Å². The Morgan fingerprint density at radius 3 is 2.19 bits per heavy atom. The van der Waals surface area contributed by atoms with Crippen molar-refractivity contribution in [2.45, 2.75) is 110 Å². The van der Waals surface area contributed by atoms with Crippen LogP contribution >= 0.6 is 23.4 Å². The number of sulfone groups is 1. The average molecular weight is 1260 g/mol. The number of sulfonamides is 1. The second-order valence-corrected chi connectivity index (χ2v) is 29.0. The third-order valence-electron chi connectivity index (χ3n) is 17.4. The number of carbonyl (C=O) groups excluding carboxylic acids is 5. The molecule has 3 unspecified atom stereocenters. The second kappa shape index (κ2) is 24.5. The van der Waals surface area contributed by atoms with Crippen molar-refractivity contribution in [2.75, 3.05) is 68.3 Å². The van der Waals surface area contributed by atoms with Crippen LogP contribution in [0.25, 0.3) is 5.57 Å². The van der Waals surface area contributed by atoms with Crippen molar-refractivity contribution in [1.82, 2.24) is 29.6 Å². The van der Waals surface area contributed by atoms with Gasteiger partial charge < -0.3 is 15.1 Å². The van der Waals surface area contributed by atoms with Crippen LogP contribution < -0.4 is 20.3 Å². The monoisotopic (exact) mass is 1250 g/mol. The molecule has 0 radical (unpaired) electrons. The van der Waals surface area contributed by atoms with Crippen LogP contribution in [0.1, 0.15) is 101 Å². The number of alkyl halides is 3. The van der Waals surface area contributed by atoms with Crippen molar-refractivity contribution < 1.29 is 54.0 Å². The van der Waals surface area contributed by atoms with E-state index in [9.17, 15) is 54.0 Å². The fraction of sp³-hybridized carbons (Fsp3) is 0.403. The highest BCUT2D eigenvalue weighted by Gasteiger charge is 2.50. The summed E-state index contributed by atoms with van der Waals surface area (Å²) in [5, 5.41) is 5.95. The summed E-state index contributed by atoms with van der Waals surface area (Å²) in [5.41, 5.74) is -0.0881. The molecule has 2 bridgehead atoms. The number of carbonyl (C=O) groups is 5. The Labute approximate surface area is 507 Å². The lowest BCUT2D eigenvalue weighted by Gasteiger charge is -2.56. The molecule has 12 rings (SSSR count). The summed E-state index contributed by atoms with van der Waals surface area (Å²) in [5.74, 6) is -3.09. The molecule has 6 heterocycles. The SMILES string of the molecule is CC1(C)CCC(c2ccc(Cl)cc2)=C(CN2CCN(c3ccc(C(=O)NS(=O)(=O)c4ccc(N[C@H](CCN5CC6CC(C5)N6Cc5ccc6c(c5)C(=O)N(C5CCC(=O)NC5=O)C6=O)CSc5ccccc5)c(S(=O)(=O)C(F)(F)F)c4)cc3)CC2)C1. The van der Waals surface area contributed by atoms with Crippen molar-refractivity contribution in [3.8, 4) is 0 Å². The van der Waals surface area contributed by atoms with Crippen LogP contribution in [-0.4, -0.2) is 154 Å². The number of nitrogens with one attached hydrogen (secondary N) is 3. The number of nitrogens with zero attached hydrogens (tertiary/aromatic N) is 5. The Hall–Kier alpha value is -6.60. The molecule has 1 aliphatic carbocycles. The average Bonchev–Trinajstić information content (AvgIpc) is 1.56. The topological polar surface area (TPSA) is 206 Å². The van der Waals surface area contributed by atoms with Gasteiger partial charge in [-0.15, -0.1) is 11.8 Å². The minimum atomic E-state index is -6.16. The number of piperidine rings is 2. The number of halogens is 4. The minimum absolute atomic E-state index is 0.0111. The Bertz CT molecular complexity index is 3720. The molecule has 0 spiro atoms. The van der Waals surface area contributed by atoms with E-state index in [4.69, 9.17) is 11.6 Å². The number of anilines is 2. The number of thioether (sulfide) groups is 1. The van der Waals surface area contributed by atoms with Gasteiger partial charge in [0.15, 0.2) is 0 Å². The first-order valence-corrected chi connectivity index (χ1v) is 33.1. The first kappa shape index (κ1) is 61.1. The smallest absolute Gasteiger partial charge is 0.380 e. The second-order valence-electron chi connectivity index (χ2n) is 23.8. The first-order valence-electron chi connectivity index (χ1n) is 28.7. The van der Waals surface area contributed by atoms with Crippen LogP contribution in [-0.2, 0) is 36.0 Å². The van der Waals surface area contributed by atoms with Crippen molar-refractivity contribution in [3.63, 3.8) is 0 Å². The largest absolute Gasteiger partial charge is 0.501 e. The lowest BCUT2D eigenvalue weighted by molar-refractivity contribution is -0.136. The fourth-order valence-corrected chi connectivity index (χ4v) is 15.9. The fourth-order valence-electron chi connectivity index (χ4n) is 12.7. The van der Waals surface area contributed by atoms with E-state index in [1.807, 2.05) is 47.2 Å². The van der Waals surface area contributed by atoms with Gasteiger partial charge in [-0.2, -0.15) is 13.2 Å². The van der Waals surface area contributed by atoms with Gasteiger partial charge in [-0.1, -0.05) is 67.4 Å². The number of amides is 5. The summed E-state index contributed by atoms with van der Waals surface area (Å²) in [6.45, 7) is 10.7. The predicted molar refractivity (Wildman–Crippen MR) is 322 cm³/mol. The van der Waals surface area contributed by atoms with Gasteiger partial charge in [-0.25, -0.2) is 21.6 Å². The van der Waals surface area contributed by atoms with E-state index in [0.29, 0.717) is 56.8 Å². The van der Waals surface area contributed by atoms with Crippen LogP contribution in [0.15, 0.2) is 136 Å². The van der Waals surface area contributed by atoms with Crippen LogP contribution in [0.4, 0.5) is 24.5 Å². The summed E-state index contributed by atoms with van der Waals surface area (Å²) in [6, 6.07) is 29.6. The predicted octanol–water partition coefficient (Wildman–Crippen LogP) is 8.86. The molecule has 24 heteroatoms. The molecule has 6 aliphatic heterocycles. The maximum absolute atomic E-state index is 14.5. The van der Waals surface area contributed by atoms with E-state index < -0.39 is 82.5 Å². The number of benzene rings is 5. The number of rotatable bonds is 19. The Morgan fingerprint density at radius 1 is 0.802 bits per heavy atom. The van der Waals surface area contributed by atoms with E-state index in [0.717, 1.165) is 78.5 Å². The van der Waals surface area contributed by atoms with Crippen LogP contribution in [0.5, 0.6) is 0 Å². The molecule has 5 amide bonds. The number of hydrogen-bond acceptors (Lipinski definition) is 15. The maximum atomic E-state index is 14.5. The zero-order chi connectivity index (χ0) is 60.9. The van der Waals surface area contributed by atoms with Gasteiger partial charge in [0.25, 0.3) is 37.6 Å². The van der Waals surface area contributed by atoms with Crippen molar-refractivity contribution in [3.05, 3.63) is 154 Å². The number of imide groups is 2. The van der Waals surface area contributed by atoms with Crippen molar-refractivity contribution >= 4 is 89.7 Å². The molecule has 5 saturated heterocycles. The first-order chi connectivity index (χ1) is 40.9. The standard InChI is InChI=1S/C62H66ClF3N8O9S3/c1-61(2)24-22-50(40-9-13-43(63)14-10-40)42(33-61)35-70-26-28-72(29-27-70)45-15-11-41(12-16-45)57(76)69-86(82,83)49-17-19-53(55(32-49)85(80,81)62(64,65)66)67-44(38-84-48-6-4-3-5-7-48)23-25-71-36-46-31-47(37-71)73(46)34-39-8-18-51-52(30-39)60(79)74(59(51)78)54-20-21-56(75)68-58(54)77/h3-19,30,32,44,46-47,54,67H,20-29,31,33-38H2,1-2H3,(H,69,76)(H,68,75,77)/t44-,46?,47?,54?/m1/s1. The summed E-state index contributed by atoms with van der Waals surface area (Å²) >= 11 is 7.63. The van der Waals surface area contributed by atoms with E-state index >= 15 is 0 Å². The molecule has 17 nitrogen and oxygen atoms in total. The zero-order valence-corrected chi connectivity index (χ0v) is 50.7. The van der Waals surface area contributed by atoms with Crippen molar-refractivity contribution in [2.24, 2.45) is 5.41 Å². The Balaban J connectivity index is 0.728. The summed E-state index contributed by atoms with van der Waals surface area (Å²) in [7, 11) is -11.1. The third kappa shape index (κ3) is 13.1. The molecular weight excluding hydrogens is 1190 g/mol. The highest BCUT2D eigenvalue weighted by molar-refractivity contribution is 7.99. The summed E-state index contributed by atoms with van der Waals surface area (Å²) < 4.78 is 100. The van der Waals surface area contributed by atoms with Gasteiger partial charge in [0.2, 0.25) is 11.8 Å². The number of allylic oxidation sites excluding steroid dienone is 1. The lowest BCUT2D eigenvalue weighted by atomic mass is 9.73. The zero-order valence-electron chi connectivity index (χ0n) is 47.4. The molecule has 0 saturated carbocycles. The minimum Gasteiger partial charge on any atom is -0.380 e. The molecule has 4 atom stereocenters. The van der Waals surface area contributed by atoms with Gasteiger partial charge in [-0.05, 0) is 140 Å². The van der Waals surface area contributed by atoms with E-state index in [1.54, 1.807) is 30.3 Å². The number of hydrogen-bond donors (Lipinski definition) is 3. The molecule has 5 fully saturated rings.